The normalized spacial score (nSPS) is 23.7. The molecule has 2 aromatic rings. The number of rotatable bonds is 5. The number of hydrogen-bond donors (Lipinski definition) is 0. The molecule has 3 aliphatic heterocycles. The maximum Gasteiger partial charge on any atom is 0.225 e. The van der Waals surface area contributed by atoms with Gasteiger partial charge in [0.05, 0.1) is 25.5 Å². The molecular formula is C22H28N4O2. The van der Waals surface area contributed by atoms with E-state index in [0.29, 0.717) is 12.1 Å². The first-order chi connectivity index (χ1) is 13.8. The Kier molecular flexibility index (Phi) is 4.59. The SMILES string of the molecule is COc1cccc(OC)c1CN1[C@H]2CC[C@@H]1c1cnc(N3CCCC3)nc1C2. The molecule has 28 heavy (non-hydrogen) atoms. The molecule has 0 aliphatic carbocycles. The molecule has 6 heteroatoms. The zero-order valence-corrected chi connectivity index (χ0v) is 16.7. The van der Waals surface area contributed by atoms with Crippen LogP contribution in [0.25, 0.3) is 0 Å². The highest BCUT2D eigenvalue weighted by Gasteiger charge is 2.41. The van der Waals surface area contributed by atoms with Crippen LogP contribution in [0, 0.1) is 0 Å². The Labute approximate surface area is 166 Å². The average Bonchev–Trinajstić information content (AvgIpc) is 3.35. The number of ether oxygens (including phenoxy) is 2. The highest BCUT2D eigenvalue weighted by molar-refractivity contribution is 5.45. The minimum Gasteiger partial charge on any atom is -0.496 e. The van der Waals surface area contributed by atoms with Crippen molar-refractivity contribution in [3.05, 3.63) is 41.2 Å². The largest absolute Gasteiger partial charge is 0.496 e. The van der Waals surface area contributed by atoms with E-state index in [0.717, 1.165) is 49.1 Å². The second-order valence-corrected chi connectivity index (χ2v) is 8.03. The third kappa shape index (κ3) is 2.91. The van der Waals surface area contributed by atoms with Crippen molar-refractivity contribution in [2.45, 2.75) is 50.7 Å². The Balaban J connectivity index is 1.44. The summed E-state index contributed by atoms with van der Waals surface area (Å²) in [5.74, 6) is 2.71. The van der Waals surface area contributed by atoms with Gasteiger partial charge in [-0.25, -0.2) is 9.97 Å². The van der Waals surface area contributed by atoms with Gasteiger partial charge in [0.2, 0.25) is 5.95 Å². The van der Waals surface area contributed by atoms with Gasteiger partial charge in [0.1, 0.15) is 11.5 Å². The first kappa shape index (κ1) is 17.7. The minimum absolute atomic E-state index is 0.385. The van der Waals surface area contributed by atoms with Gasteiger partial charge in [-0.2, -0.15) is 0 Å². The number of anilines is 1. The zero-order valence-electron chi connectivity index (χ0n) is 16.7. The number of nitrogens with zero attached hydrogens (tertiary/aromatic N) is 4. The molecule has 0 radical (unpaired) electrons. The molecule has 5 rings (SSSR count). The summed E-state index contributed by atoms with van der Waals surface area (Å²) in [6.07, 6.45) is 7.97. The fourth-order valence-corrected chi connectivity index (χ4v) is 5.15. The van der Waals surface area contributed by atoms with Crippen molar-refractivity contribution in [2.24, 2.45) is 0 Å². The smallest absolute Gasteiger partial charge is 0.225 e. The molecule has 4 heterocycles. The molecule has 6 nitrogen and oxygen atoms in total. The lowest BCUT2D eigenvalue weighted by Crippen LogP contribution is -2.38. The van der Waals surface area contributed by atoms with Gasteiger partial charge in [0, 0.05) is 49.9 Å². The van der Waals surface area contributed by atoms with Crippen LogP contribution in [0.15, 0.2) is 24.4 Å². The molecule has 2 saturated heterocycles. The van der Waals surface area contributed by atoms with Crippen molar-refractivity contribution in [2.75, 3.05) is 32.2 Å². The summed E-state index contributed by atoms with van der Waals surface area (Å²) >= 11 is 0. The molecule has 3 aliphatic rings. The molecule has 1 aromatic carbocycles. The highest BCUT2D eigenvalue weighted by Crippen LogP contribution is 2.45. The summed E-state index contributed by atoms with van der Waals surface area (Å²) in [7, 11) is 3.46. The molecule has 0 spiro atoms. The summed E-state index contributed by atoms with van der Waals surface area (Å²) in [6, 6.07) is 6.92. The second-order valence-electron chi connectivity index (χ2n) is 8.03. The van der Waals surface area contributed by atoms with E-state index in [9.17, 15) is 0 Å². The fourth-order valence-electron chi connectivity index (χ4n) is 5.15. The predicted octanol–water partition coefficient (Wildman–Crippen LogP) is 3.36. The maximum absolute atomic E-state index is 5.63. The number of hydrogen-bond acceptors (Lipinski definition) is 6. The van der Waals surface area contributed by atoms with E-state index < -0.39 is 0 Å². The quantitative estimate of drug-likeness (QED) is 0.793. The van der Waals surface area contributed by atoms with Crippen molar-refractivity contribution >= 4 is 5.95 Å². The lowest BCUT2D eigenvalue weighted by molar-refractivity contribution is 0.162. The van der Waals surface area contributed by atoms with Crippen LogP contribution in [0.5, 0.6) is 11.5 Å². The van der Waals surface area contributed by atoms with Crippen molar-refractivity contribution in [1.29, 1.82) is 0 Å². The molecule has 0 saturated carbocycles. The molecular weight excluding hydrogens is 352 g/mol. The Bertz CT molecular complexity index is 843. The van der Waals surface area contributed by atoms with E-state index in [1.165, 1.54) is 36.9 Å². The van der Waals surface area contributed by atoms with Crippen molar-refractivity contribution in [1.82, 2.24) is 14.9 Å². The van der Waals surface area contributed by atoms with E-state index in [1.54, 1.807) is 14.2 Å². The van der Waals surface area contributed by atoms with E-state index in [4.69, 9.17) is 19.4 Å². The van der Waals surface area contributed by atoms with Gasteiger partial charge in [0.25, 0.3) is 0 Å². The van der Waals surface area contributed by atoms with Crippen LogP contribution in [0.3, 0.4) is 0 Å². The summed E-state index contributed by atoms with van der Waals surface area (Å²) in [5.41, 5.74) is 3.70. The first-order valence-corrected chi connectivity index (χ1v) is 10.3. The number of methoxy groups -OCH3 is 2. The van der Waals surface area contributed by atoms with Crippen LogP contribution in [0.4, 0.5) is 5.95 Å². The Morgan fingerprint density at radius 3 is 2.54 bits per heavy atom. The van der Waals surface area contributed by atoms with Crippen LogP contribution in [-0.4, -0.2) is 48.2 Å². The lowest BCUT2D eigenvalue weighted by atomic mass is 9.98. The molecule has 2 bridgehead atoms. The van der Waals surface area contributed by atoms with E-state index >= 15 is 0 Å². The standard InChI is InChI=1S/C22H28N4O2/c1-27-20-6-5-7-21(28-2)17(20)14-26-15-8-9-19(26)16-13-23-22(24-18(16)12-15)25-10-3-4-11-25/h5-7,13,15,19H,3-4,8-12,14H2,1-2H3/t15-,19+/m0/s1. The fraction of sp³-hybridized carbons (Fsp3) is 0.545. The van der Waals surface area contributed by atoms with E-state index in [2.05, 4.69) is 16.0 Å². The van der Waals surface area contributed by atoms with Gasteiger partial charge in [-0.3, -0.25) is 4.90 Å². The van der Waals surface area contributed by atoms with Crippen LogP contribution in [0.1, 0.15) is 48.5 Å². The third-order valence-corrected chi connectivity index (χ3v) is 6.58. The molecule has 0 unspecified atom stereocenters. The molecule has 2 fully saturated rings. The van der Waals surface area contributed by atoms with E-state index in [1.807, 2.05) is 18.2 Å². The summed E-state index contributed by atoms with van der Waals surface area (Å²) in [5, 5.41) is 0. The van der Waals surface area contributed by atoms with Crippen LogP contribution in [-0.2, 0) is 13.0 Å². The molecule has 0 N–H and O–H groups in total. The van der Waals surface area contributed by atoms with Gasteiger partial charge >= 0.3 is 0 Å². The molecule has 148 valence electrons. The number of fused-ring (bicyclic) bond motifs is 4. The monoisotopic (exact) mass is 380 g/mol. The summed E-state index contributed by atoms with van der Waals surface area (Å²) in [4.78, 5) is 14.6. The Morgan fingerprint density at radius 2 is 1.82 bits per heavy atom. The van der Waals surface area contributed by atoms with Gasteiger partial charge in [0.15, 0.2) is 0 Å². The second kappa shape index (κ2) is 7.24. The topological polar surface area (TPSA) is 50.7 Å². The van der Waals surface area contributed by atoms with Crippen LogP contribution >= 0.6 is 0 Å². The lowest BCUT2D eigenvalue weighted by Gasteiger charge is -2.36. The maximum atomic E-state index is 5.63. The van der Waals surface area contributed by atoms with Crippen molar-refractivity contribution in [3.8, 4) is 11.5 Å². The van der Waals surface area contributed by atoms with Crippen LogP contribution < -0.4 is 14.4 Å². The van der Waals surface area contributed by atoms with Gasteiger partial charge in [-0.15, -0.1) is 0 Å². The van der Waals surface area contributed by atoms with E-state index in [-0.39, 0.29) is 0 Å². The zero-order chi connectivity index (χ0) is 19.1. The average molecular weight is 380 g/mol. The van der Waals surface area contributed by atoms with Crippen LogP contribution in [0.2, 0.25) is 0 Å². The van der Waals surface area contributed by atoms with Gasteiger partial charge in [-0.05, 0) is 37.8 Å². The number of aromatic nitrogens is 2. The first-order valence-electron chi connectivity index (χ1n) is 10.3. The van der Waals surface area contributed by atoms with Crippen molar-refractivity contribution in [3.63, 3.8) is 0 Å². The Morgan fingerprint density at radius 1 is 1.07 bits per heavy atom. The minimum atomic E-state index is 0.385. The highest BCUT2D eigenvalue weighted by atomic mass is 16.5. The van der Waals surface area contributed by atoms with Crippen molar-refractivity contribution < 1.29 is 9.47 Å². The summed E-state index contributed by atoms with van der Waals surface area (Å²) in [6.45, 7) is 3.01. The van der Waals surface area contributed by atoms with Gasteiger partial charge in [-0.1, -0.05) is 6.07 Å². The Hall–Kier alpha value is -2.34. The predicted molar refractivity (Wildman–Crippen MR) is 108 cm³/mol. The summed E-state index contributed by atoms with van der Waals surface area (Å²) < 4.78 is 11.3. The molecule has 1 aromatic heterocycles. The molecule has 0 amide bonds. The third-order valence-electron chi connectivity index (χ3n) is 6.58. The van der Waals surface area contributed by atoms with Gasteiger partial charge < -0.3 is 14.4 Å². The number of benzene rings is 1. The molecule has 2 atom stereocenters.